The molecule has 2 aromatic rings. The highest BCUT2D eigenvalue weighted by Gasteiger charge is 2.00. The highest BCUT2D eigenvalue weighted by atomic mass is 35.5. The fourth-order valence-corrected chi connectivity index (χ4v) is 1.50. The summed E-state index contributed by atoms with van der Waals surface area (Å²) < 4.78 is 7.52. The fraction of sp³-hybridized carbons (Fsp3) is 0.273. The van der Waals surface area contributed by atoms with Gasteiger partial charge in [-0.2, -0.15) is 0 Å². The van der Waals surface area contributed by atoms with Crippen molar-refractivity contribution in [2.45, 2.75) is 13.0 Å². The number of rotatable bonds is 5. The first-order chi connectivity index (χ1) is 7.86. The van der Waals surface area contributed by atoms with Crippen molar-refractivity contribution < 1.29 is 4.74 Å². The minimum absolute atomic E-state index is 0.408. The molecule has 0 unspecified atom stereocenters. The third kappa shape index (κ3) is 2.97. The Balaban J connectivity index is 1.74. The topological polar surface area (TPSA) is 39.9 Å². The molecule has 0 aromatic carbocycles. The summed E-state index contributed by atoms with van der Waals surface area (Å²) in [4.78, 5) is 7.90. The lowest BCUT2D eigenvalue weighted by Crippen LogP contribution is -2.03. The Kier molecular flexibility index (Phi) is 3.77. The predicted octanol–water partition coefficient (Wildman–Crippen LogP) is 2.40. The molecule has 0 atom stereocenters. The summed E-state index contributed by atoms with van der Waals surface area (Å²) >= 11 is 5.85. The van der Waals surface area contributed by atoms with Gasteiger partial charge in [0.2, 0.25) is 0 Å². The van der Waals surface area contributed by atoms with E-state index in [0.717, 1.165) is 13.0 Å². The number of nitrogens with zero attached hydrogens (tertiary/aromatic N) is 3. The lowest BCUT2D eigenvalue weighted by Gasteiger charge is -2.07. The quantitative estimate of drug-likeness (QED) is 0.592. The highest BCUT2D eigenvalue weighted by Crippen LogP contribution is 2.20. The van der Waals surface area contributed by atoms with Crippen molar-refractivity contribution in [3.8, 4) is 5.75 Å². The van der Waals surface area contributed by atoms with Gasteiger partial charge in [-0.25, -0.2) is 9.97 Å². The molecular weight excluding hydrogens is 226 g/mol. The predicted molar refractivity (Wildman–Crippen MR) is 61.6 cm³/mol. The lowest BCUT2D eigenvalue weighted by molar-refractivity contribution is 0.301. The van der Waals surface area contributed by atoms with E-state index in [-0.39, 0.29) is 0 Å². The average molecular weight is 238 g/mol. The van der Waals surface area contributed by atoms with Gasteiger partial charge in [0.1, 0.15) is 0 Å². The van der Waals surface area contributed by atoms with Crippen molar-refractivity contribution in [3.05, 3.63) is 42.2 Å². The number of hydrogen-bond donors (Lipinski definition) is 0. The minimum Gasteiger partial charge on any atom is -0.490 e. The number of halogens is 1. The third-order valence-electron chi connectivity index (χ3n) is 2.10. The van der Waals surface area contributed by atoms with E-state index in [9.17, 15) is 0 Å². The van der Waals surface area contributed by atoms with E-state index in [1.807, 2.05) is 16.8 Å². The van der Waals surface area contributed by atoms with Gasteiger partial charge >= 0.3 is 0 Å². The number of aryl methyl sites for hydroxylation is 1. The van der Waals surface area contributed by atoms with Crippen molar-refractivity contribution >= 4 is 11.6 Å². The second-order valence-corrected chi connectivity index (χ2v) is 3.65. The van der Waals surface area contributed by atoms with Gasteiger partial charge in [-0.15, -0.1) is 0 Å². The molecular formula is C11H12ClN3O. The van der Waals surface area contributed by atoms with Crippen molar-refractivity contribution in [3.63, 3.8) is 0 Å². The molecule has 0 saturated heterocycles. The molecule has 0 fully saturated rings. The average Bonchev–Trinajstić information content (AvgIpc) is 2.79. The van der Waals surface area contributed by atoms with Crippen LogP contribution in [0.1, 0.15) is 6.42 Å². The molecule has 84 valence electrons. The Hall–Kier alpha value is -1.55. The maximum absolute atomic E-state index is 5.85. The molecule has 0 radical (unpaired) electrons. The zero-order valence-electron chi connectivity index (χ0n) is 8.71. The Morgan fingerprint density at radius 1 is 1.38 bits per heavy atom. The minimum atomic E-state index is 0.408. The van der Waals surface area contributed by atoms with E-state index in [1.165, 1.54) is 0 Å². The first kappa shape index (κ1) is 11.0. The van der Waals surface area contributed by atoms with Crippen LogP contribution in [0.5, 0.6) is 5.75 Å². The lowest BCUT2D eigenvalue weighted by atomic mass is 10.4. The molecule has 0 aliphatic heterocycles. The summed E-state index contributed by atoms with van der Waals surface area (Å²) in [5.74, 6) is 0.634. The normalized spacial score (nSPS) is 10.3. The summed E-state index contributed by atoms with van der Waals surface area (Å²) in [6.45, 7) is 1.50. The summed E-state index contributed by atoms with van der Waals surface area (Å²) in [5, 5.41) is 0.408. The zero-order valence-corrected chi connectivity index (χ0v) is 9.47. The Morgan fingerprint density at radius 3 is 3.06 bits per heavy atom. The molecule has 0 saturated carbocycles. The van der Waals surface area contributed by atoms with Crippen LogP contribution in [0.25, 0.3) is 0 Å². The molecule has 2 aromatic heterocycles. The second kappa shape index (κ2) is 5.51. The van der Waals surface area contributed by atoms with Crippen LogP contribution in [0.2, 0.25) is 5.15 Å². The largest absolute Gasteiger partial charge is 0.490 e. The van der Waals surface area contributed by atoms with Gasteiger partial charge in [0, 0.05) is 25.1 Å². The first-order valence-corrected chi connectivity index (χ1v) is 5.43. The molecule has 0 N–H and O–H groups in total. The maximum Gasteiger partial charge on any atom is 0.171 e. The molecule has 5 heteroatoms. The van der Waals surface area contributed by atoms with Crippen LogP contribution in [0, 0.1) is 0 Å². The Bertz CT molecular complexity index is 431. The standard InChI is InChI=1S/C11H12ClN3O/c12-11-10(3-1-4-14-11)16-8-2-6-15-7-5-13-9-15/h1,3-5,7,9H,2,6,8H2. The van der Waals surface area contributed by atoms with E-state index < -0.39 is 0 Å². The van der Waals surface area contributed by atoms with Gasteiger partial charge < -0.3 is 9.30 Å². The van der Waals surface area contributed by atoms with E-state index >= 15 is 0 Å². The number of aromatic nitrogens is 3. The summed E-state index contributed by atoms with van der Waals surface area (Å²) in [5.41, 5.74) is 0. The van der Waals surface area contributed by atoms with E-state index in [4.69, 9.17) is 16.3 Å². The zero-order chi connectivity index (χ0) is 11.2. The van der Waals surface area contributed by atoms with E-state index in [1.54, 1.807) is 24.8 Å². The fourth-order valence-electron chi connectivity index (χ4n) is 1.33. The Labute approximate surface area is 98.9 Å². The molecule has 0 amide bonds. The van der Waals surface area contributed by atoms with Crippen molar-refractivity contribution in [2.75, 3.05) is 6.61 Å². The summed E-state index contributed by atoms with van der Waals surface area (Å²) in [6, 6.07) is 3.61. The number of hydrogen-bond acceptors (Lipinski definition) is 3. The molecule has 0 aliphatic rings. The van der Waals surface area contributed by atoms with Gasteiger partial charge in [0.05, 0.1) is 12.9 Å². The molecule has 0 bridgehead atoms. The second-order valence-electron chi connectivity index (χ2n) is 3.29. The molecule has 4 nitrogen and oxygen atoms in total. The smallest absolute Gasteiger partial charge is 0.171 e. The van der Waals surface area contributed by atoms with Gasteiger partial charge in [-0.3, -0.25) is 0 Å². The number of imidazole rings is 1. The third-order valence-corrected chi connectivity index (χ3v) is 2.39. The maximum atomic E-state index is 5.85. The van der Waals surface area contributed by atoms with E-state index in [2.05, 4.69) is 9.97 Å². The van der Waals surface area contributed by atoms with Crippen molar-refractivity contribution in [1.82, 2.24) is 14.5 Å². The van der Waals surface area contributed by atoms with Crippen LogP contribution in [-0.2, 0) is 6.54 Å². The molecule has 0 aliphatic carbocycles. The van der Waals surface area contributed by atoms with Gasteiger partial charge in [-0.1, -0.05) is 11.6 Å². The molecule has 16 heavy (non-hydrogen) atoms. The van der Waals surface area contributed by atoms with Crippen LogP contribution in [0.4, 0.5) is 0 Å². The summed E-state index contributed by atoms with van der Waals surface area (Å²) in [7, 11) is 0. The van der Waals surface area contributed by atoms with Gasteiger partial charge in [0.25, 0.3) is 0 Å². The van der Waals surface area contributed by atoms with Gasteiger partial charge in [-0.05, 0) is 18.6 Å². The van der Waals surface area contributed by atoms with Crippen molar-refractivity contribution in [1.29, 1.82) is 0 Å². The van der Waals surface area contributed by atoms with Crippen molar-refractivity contribution in [2.24, 2.45) is 0 Å². The number of pyridine rings is 1. The number of ether oxygens (including phenoxy) is 1. The summed E-state index contributed by atoms with van der Waals surface area (Å²) in [6.07, 6.45) is 8.02. The van der Waals surface area contributed by atoms with Crippen LogP contribution in [0.15, 0.2) is 37.1 Å². The molecule has 2 heterocycles. The molecule has 0 spiro atoms. The Morgan fingerprint density at radius 2 is 2.31 bits per heavy atom. The van der Waals surface area contributed by atoms with E-state index in [0.29, 0.717) is 17.5 Å². The molecule has 2 rings (SSSR count). The van der Waals surface area contributed by atoms with Crippen LogP contribution >= 0.6 is 11.6 Å². The van der Waals surface area contributed by atoms with Crippen LogP contribution in [-0.4, -0.2) is 21.1 Å². The highest BCUT2D eigenvalue weighted by molar-refractivity contribution is 6.30. The van der Waals surface area contributed by atoms with Gasteiger partial charge in [0.15, 0.2) is 10.9 Å². The van der Waals surface area contributed by atoms with Crippen LogP contribution in [0.3, 0.4) is 0 Å². The first-order valence-electron chi connectivity index (χ1n) is 5.05. The SMILES string of the molecule is Clc1ncccc1OCCCn1ccnc1. The van der Waals surface area contributed by atoms with Crippen LogP contribution < -0.4 is 4.74 Å². The monoisotopic (exact) mass is 237 g/mol.